The molecule has 6 nitrogen and oxygen atoms in total. The van der Waals surface area contributed by atoms with E-state index in [2.05, 4.69) is 16.2 Å². The molecule has 0 saturated heterocycles. The van der Waals surface area contributed by atoms with Crippen LogP contribution in [0.25, 0.3) is 6.08 Å². The molecule has 0 radical (unpaired) electrons. The van der Waals surface area contributed by atoms with E-state index in [0.29, 0.717) is 27.4 Å². The molecule has 0 aromatic heterocycles. The summed E-state index contributed by atoms with van der Waals surface area (Å²) in [5, 5.41) is 3.31. The fraction of sp³-hybridized carbons (Fsp3) is 0.0417. The van der Waals surface area contributed by atoms with Crippen molar-refractivity contribution in [2.75, 3.05) is 5.32 Å². The molecule has 3 N–H and O–H groups in total. The first-order chi connectivity index (χ1) is 14.9. The molecule has 0 spiro atoms. The number of carbonyl (C=O) groups is 3. The number of anilines is 1. The van der Waals surface area contributed by atoms with Crippen molar-refractivity contribution in [3.05, 3.63) is 106 Å². The van der Waals surface area contributed by atoms with Gasteiger partial charge in [-0.25, -0.2) is 0 Å². The van der Waals surface area contributed by atoms with Gasteiger partial charge in [0.1, 0.15) is 0 Å². The fourth-order valence-electron chi connectivity index (χ4n) is 2.74. The maximum Gasteiger partial charge on any atom is 0.269 e. The van der Waals surface area contributed by atoms with Gasteiger partial charge < -0.3 is 5.32 Å². The number of benzene rings is 3. The van der Waals surface area contributed by atoms with Gasteiger partial charge in [-0.15, -0.1) is 0 Å². The van der Waals surface area contributed by atoms with Crippen LogP contribution in [0.15, 0.2) is 78.9 Å². The van der Waals surface area contributed by atoms with Crippen molar-refractivity contribution >= 4 is 41.1 Å². The molecule has 156 valence electrons. The average Bonchev–Trinajstić information content (AvgIpc) is 2.77. The molecule has 0 atom stereocenters. The second kappa shape index (κ2) is 10.2. The van der Waals surface area contributed by atoms with Crippen molar-refractivity contribution in [1.29, 1.82) is 0 Å². The van der Waals surface area contributed by atoms with Gasteiger partial charge in [-0.05, 0) is 60.5 Å². The Hall–Kier alpha value is -3.90. The van der Waals surface area contributed by atoms with Crippen molar-refractivity contribution in [1.82, 2.24) is 10.9 Å². The number of hydrogen-bond donors (Lipinski definition) is 3. The van der Waals surface area contributed by atoms with Crippen LogP contribution in [0, 0.1) is 6.92 Å². The third-order valence-corrected chi connectivity index (χ3v) is 4.76. The SMILES string of the molecule is Cc1ccccc1C(=O)Nc1ccc(C(=O)NNC(=O)/C=C/c2ccccc2Cl)cc1. The van der Waals surface area contributed by atoms with E-state index in [9.17, 15) is 14.4 Å². The summed E-state index contributed by atoms with van der Waals surface area (Å²) in [7, 11) is 0. The summed E-state index contributed by atoms with van der Waals surface area (Å²) in [4.78, 5) is 36.5. The molecule has 31 heavy (non-hydrogen) atoms. The molecule has 0 aliphatic carbocycles. The van der Waals surface area contributed by atoms with Gasteiger partial charge in [0.05, 0.1) is 0 Å². The van der Waals surface area contributed by atoms with Crippen molar-refractivity contribution in [3.63, 3.8) is 0 Å². The van der Waals surface area contributed by atoms with E-state index in [0.717, 1.165) is 5.56 Å². The fourth-order valence-corrected chi connectivity index (χ4v) is 2.94. The first-order valence-electron chi connectivity index (χ1n) is 9.44. The highest BCUT2D eigenvalue weighted by atomic mass is 35.5. The van der Waals surface area contributed by atoms with Crippen molar-refractivity contribution < 1.29 is 14.4 Å². The molecule has 3 amide bonds. The molecule has 0 aliphatic rings. The molecule has 0 heterocycles. The normalized spacial score (nSPS) is 10.5. The first-order valence-corrected chi connectivity index (χ1v) is 9.82. The van der Waals surface area contributed by atoms with Gasteiger partial charge in [0.2, 0.25) is 0 Å². The van der Waals surface area contributed by atoms with Gasteiger partial charge in [0.25, 0.3) is 17.7 Å². The second-order valence-electron chi connectivity index (χ2n) is 6.64. The molecule has 0 unspecified atom stereocenters. The Kier molecular flexibility index (Phi) is 7.19. The van der Waals surface area contributed by atoms with E-state index in [1.807, 2.05) is 19.1 Å². The van der Waals surface area contributed by atoms with Crippen molar-refractivity contribution in [2.45, 2.75) is 6.92 Å². The lowest BCUT2D eigenvalue weighted by Gasteiger charge is -2.09. The largest absolute Gasteiger partial charge is 0.322 e. The molecule has 0 saturated carbocycles. The van der Waals surface area contributed by atoms with Crippen LogP contribution in [-0.2, 0) is 4.79 Å². The zero-order chi connectivity index (χ0) is 22.2. The topological polar surface area (TPSA) is 87.3 Å². The summed E-state index contributed by atoms with van der Waals surface area (Å²) in [6, 6.07) is 20.7. The highest BCUT2D eigenvalue weighted by Crippen LogP contribution is 2.16. The molecule has 0 bridgehead atoms. The first kappa shape index (κ1) is 21.8. The lowest BCUT2D eigenvalue weighted by atomic mass is 10.1. The van der Waals surface area contributed by atoms with Crippen LogP contribution in [0.2, 0.25) is 5.02 Å². The predicted octanol–water partition coefficient (Wildman–Crippen LogP) is 4.38. The summed E-state index contributed by atoms with van der Waals surface area (Å²) in [5.41, 5.74) is 7.66. The Morgan fingerprint density at radius 3 is 2.19 bits per heavy atom. The van der Waals surface area contributed by atoms with Gasteiger partial charge in [0, 0.05) is 27.9 Å². The van der Waals surface area contributed by atoms with E-state index in [-0.39, 0.29) is 5.91 Å². The van der Waals surface area contributed by atoms with Crippen LogP contribution in [-0.4, -0.2) is 17.7 Å². The highest BCUT2D eigenvalue weighted by Gasteiger charge is 2.10. The summed E-state index contributed by atoms with van der Waals surface area (Å²) in [6.45, 7) is 1.86. The summed E-state index contributed by atoms with van der Waals surface area (Å²) in [6.07, 6.45) is 2.82. The standard InChI is InChI=1S/C24H20ClN3O3/c1-16-6-2-4-8-20(16)24(31)26-19-13-10-18(11-14-19)23(30)28-27-22(29)15-12-17-7-3-5-9-21(17)25/h2-15H,1H3,(H,26,31)(H,27,29)(H,28,30)/b15-12+. The molecule has 3 aromatic carbocycles. The zero-order valence-corrected chi connectivity index (χ0v) is 17.4. The lowest BCUT2D eigenvalue weighted by molar-refractivity contribution is -0.117. The molecule has 7 heteroatoms. The number of carbonyl (C=O) groups excluding carboxylic acids is 3. The van der Waals surface area contributed by atoms with Crippen LogP contribution >= 0.6 is 11.6 Å². The summed E-state index contributed by atoms with van der Waals surface area (Å²) >= 11 is 6.02. The monoisotopic (exact) mass is 433 g/mol. The number of rotatable bonds is 5. The number of amides is 3. The van der Waals surface area contributed by atoms with E-state index in [1.54, 1.807) is 66.7 Å². The minimum absolute atomic E-state index is 0.229. The number of nitrogens with one attached hydrogen (secondary N) is 3. The molecular formula is C24H20ClN3O3. The number of hydrazine groups is 1. The predicted molar refractivity (Wildman–Crippen MR) is 122 cm³/mol. The van der Waals surface area contributed by atoms with E-state index in [1.165, 1.54) is 6.08 Å². The van der Waals surface area contributed by atoms with Crippen LogP contribution < -0.4 is 16.2 Å². The Morgan fingerprint density at radius 1 is 0.806 bits per heavy atom. The van der Waals surface area contributed by atoms with E-state index >= 15 is 0 Å². The highest BCUT2D eigenvalue weighted by molar-refractivity contribution is 6.32. The molecule has 3 aromatic rings. The van der Waals surface area contributed by atoms with Crippen LogP contribution in [0.5, 0.6) is 0 Å². The Balaban J connectivity index is 1.53. The summed E-state index contributed by atoms with van der Waals surface area (Å²) < 4.78 is 0. The van der Waals surface area contributed by atoms with Gasteiger partial charge in [-0.3, -0.25) is 25.2 Å². The Morgan fingerprint density at radius 2 is 1.48 bits per heavy atom. The van der Waals surface area contributed by atoms with Gasteiger partial charge in [0.15, 0.2) is 0 Å². The van der Waals surface area contributed by atoms with Crippen molar-refractivity contribution in [2.24, 2.45) is 0 Å². The maximum absolute atomic E-state index is 12.4. The minimum Gasteiger partial charge on any atom is -0.322 e. The number of aryl methyl sites for hydroxylation is 1. The Labute approximate surface area is 184 Å². The summed E-state index contributed by atoms with van der Waals surface area (Å²) in [5.74, 6) is -1.22. The van der Waals surface area contributed by atoms with E-state index in [4.69, 9.17) is 11.6 Å². The quantitative estimate of drug-likeness (QED) is 0.412. The zero-order valence-electron chi connectivity index (χ0n) is 16.7. The van der Waals surface area contributed by atoms with Gasteiger partial charge in [-0.2, -0.15) is 0 Å². The third kappa shape index (κ3) is 6.04. The minimum atomic E-state index is -0.504. The van der Waals surface area contributed by atoms with Crippen LogP contribution in [0.3, 0.4) is 0 Å². The van der Waals surface area contributed by atoms with Crippen LogP contribution in [0.1, 0.15) is 31.8 Å². The molecular weight excluding hydrogens is 414 g/mol. The van der Waals surface area contributed by atoms with Gasteiger partial charge in [-0.1, -0.05) is 48.0 Å². The van der Waals surface area contributed by atoms with Crippen molar-refractivity contribution in [3.8, 4) is 0 Å². The van der Waals surface area contributed by atoms with Crippen LogP contribution in [0.4, 0.5) is 5.69 Å². The Bertz CT molecular complexity index is 1140. The lowest BCUT2D eigenvalue weighted by Crippen LogP contribution is -2.40. The second-order valence-corrected chi connectivity index (χ2v) is 7.05. The molecule has 3 rings (SSSR count). The third-order valence-electron chi connectivity index (χ3n) is 4.41. The van der Waals surface area contributed by atoms with E-state index < -0.39 is 11.8 Å². The molecule has 0 fully saturated rings. The smallest absolute Gasteiger partial charge is 0.269 e. The van der Waals surface area contributed by atoms with Gasteiger partial charge >= 0.3 is 0 Å². The molecule has 0 aliphatic heterocycles. The number of halogens is 1. The maximum atomic E-state index is 12.4. The number of hydrogen-bond acceptors (Lipinski definition) is 3. The average molecular weight is 434 g/mol.